The van der Waals surface area contributed by atoms with Crippen molar-refractivity contribution in [2.45, 2.75) is 108 Å². The first-order chi connectivity index (χ1) is 17.2. The van der Waals surface area contributed by atoms with Gasteiger partial charge in [-0.1, -0.05) is 27.2 Å². The van der Waals surface area contributed by atoms with Crippen LogP contribution in [0.1, 0.15) is 102 Å². The fourth-order valence-corrected chi connectivity index (χ4v) is 6.15. The summed E-state index contributed by atoms with van der Waals surface area (Å²) in [5.74, 6) is 3.74. The Kier molecular flexibility index (Phi) is 7.87. The normalized spacial score (nSPS) is 29.9. The van der Waals surface area contributed by atoms with E-state index in [1.54, 1.807) is 0 Å². The minimum atomic E-state index is -0.259. The molecule has 7 heteroatoms. The zero-order valence-corrected chi connectivity index (χ0v) is 22.7. The first-order valence-corrected chi connectivity index (χ1v) is 14.6. The minimum absolute atomic E-state index is 0.0299. The van der Waals surface area contributed by atoms with Crippen LogP contribution in [0.3, 0.4) is 0 Å². The molecular weight excluding hydrogens is 450 g/mol. The Morgan fingerprint density at radius 1 is 1.03 bits per heavy atom. The lowest BCUT2D eigenvalue weighted by atomic mass is 9.80. The van der Waals surface area contributed by atoms with E-state index in [-0.39, 0.29) is 23.3 Å². The van der Waals surface area contributed by atoms with Gasteiger partial charge in [0.1, 0.15) is 11.6 Å². The van der Waals surface area contributed by atoms with E-state index in [0.717, 1.165) is 56.6 Å². The van der Waals surface area contributed by atoms with E-state index in [9.17, 15) is 9.90 Å². The topological polar surface area (TPSA) is 81.6 Å². The molecule has 0 unspecified atom stereocenters. The molecule has 0 bridgehead atoms. The molecule has 1 aromatic heterocycles. The second-order valence-electron chi connectivity index (χ2n) is 13.0. The standard InChI is InChI=1S/C29H47N5O2/c1-29(2,3)28-31-25(21-5-4-6-21)19-26(32-28)34-15-13-33(14-16-34)12-11-20-7-9-23(10-8-20)30-27(36)22-17-24(35)18-22/h19-24,35H,4-18H2,1-3H3,(H,30,36)/t20-,22-,23-,24-. The molecule has 1 aliphatic heterocycles. The third-order valence-corrected chi connectivity index (χ3v) is 9.15. The van der Waals surface area contributed by atoms with Gasteiger partial charge in [0, 0.05) is 61.2 Å². The zero-order chi connectivity index (χ0) is 25.3. The summed E-state index contributed by atoms with van der Waals surface area (Å²) in [5.41, 5.74) is 1.23. The number of nitrogens with one attached hydrogen (secondary N) is 1. The van der Waals surface area contributed by atoms with E-state index in [1.807, 2.05) is 0 Å². The van der Waals surface area contributed by atoms with E-state index in [2.05, 4.69) is 42.0 Å². The molecule has 7 nitrogen and oxygen atoms in total. The summed E-state index contributed by atoms with van der Waals surface area (Å²) in [6.07, 6.45) is 10.8. The monoisotopic (exact) mass is 497 g/mol. The summed E-state index contributed by atoms with van der Waals surface area (Å²) in [5, 5.41) is 12.7. The number of hydrogen-bond donors (Lipinski definition) is 2. The van der Waals surface area contributed by atoms with Gasteiger partial charge in [-0.3, -0.25) is 9.69 Å². The molecule has 1 aromatic rings. The van der Waals surface area contributed by atoms with Crippen LogP contribution in [-0.4, -0.2) is 70.8 Å². The van der Waals surface area contributed by atoms with Crippen LogP contribution in [0.15, 0.2) is 6.07 Å². The molecule has 2 N–H and O–H groups in total. The van der Waals surface area contributed by atoms with Gasteiger partial charge in [-0.05, 0) is 70.3 Å². The molecule has 2 heterocycles. The summed E-state index contributed by atoms with van der Waals surface area (Å²) in [6, 6.07) is 2.62. The Bertz CT molecular complexity index is 889. The SMILES string of the molecule is CC(C)(C)c1nc(C2CCC2)cc(N2CCN(CC[C@H]3CC[C@H](NC(=O)[C@H]4C[C@H](O)C4)CC3)CC2)n1. The highest BCUT2D eigenvalue weighted by Crippen LogP contribution is 2.37. The number of carbonyl (C=O) groups excluding carboxylic acids is 1. The van der Waals surface area contributed by atoms with E-state index in [4.69, 9.17) is 9.97 Å². The number of anilines is 1. The molecule has 0 radical (unpaired) electrons. The van der Waals surface area contributed by atoms with Crippen molar-refractivity contribution < 1.29 is 9.90 Å². The largest absolute Gasteiger partial charge is 0.393 e. The van der Waals surface area contributed by atoms with Gasteiger partial charge in [0.25, 0.3) is 0 Å². The number of hydrogen-bond acceptors (Lipinski definition) is 6. The maximum absolute atomic E-state index is 12.3. The lowest BCUT2D eigenvalue weighted by Gasteiger charge is -2.38. The first kappa shape index (κ1) is 25.9. The molecule has 5 rings (SSSR count). The van der Waals surface area contributed by atoms with Crippen molar-refractivity contribution in [3.63, 3.8) is 0 Å². The maximum Gasteiger partial charge on any atom is 0.223 e. The Hall–Kier alpha value is -1.73. The van der Waals surface area contributed by atoms with Crippen LogP contribution in [0.2, 0.25) is 0 Å². The van der Waals surface area contributed by atoms with E-state index < -0.39 is 0 Å². The second kappa shape index (κ2) is 10.9. The van der Waals surface area contributed by atoms with Crippen molar-refractivity contribution in [1.29, 1.82) is 0 Å². The molecule has 0 spiro atoms. The lowest BCUT2D eigenvalue weighted by molar-refractivity contribution is -0.132. The molecule has 0 aromatic carbocycles. The predicted octanol–water partition coefficient (Wildman–Crippen LogP) is 4.00. The van der Waals surface area contributed by atoms with Gasteiger partial charge < -0.3 is 15.3 Å². The Morgan fingerprint density at radius 2 is 1.72 bits per heavy atom. The Labute approximate surface area is 217 Å². The molecule has 0 atom stereocenters. The molecule has 1 saturated heterocycles. The maximum atomic E-state index is 12.3. The Morgan fingerprint density at radius 3 is 2.31 bits per heavy atom. The van der Waals surface area contributed by atoms with Gasteiger partial charge >= 0.3 is 0 Å². The quantitative estimate of drug-likeness (QED) is 0.593. The van der Waals surface area contributed by atoms with Crippen LogP contribution in [0.25, 0.3) is 0 Å². The van der Waals surface area contributed by atoms with Crippen LogP contribution in [0, 0.1) is 11.8 Å². The zero-order valence-electron chi connectivity index (χ0n) is 22.7. The van der Waals surface area contributed by atoms with Gasteiger partial charge in [-0.25, -0.2) is 9.97 Å². The van der Waals surface area contributed by atoms with Gasteiger partial charge in [0.05, 0.1) is 6.10 Å². The Balaban J connectivity index is 1.05. The van der Waals surface area contributed by atoms with Gasteiger partial charge in [-0.2, -0.15) is 0 Å². The van der Waals surface area contributed by atoms with Crippen molar-refractivity contribution in [3.05, 3.63) is 17.6 Å². The first-order valence-electron chi connectivity index (χ1n) is 14.6. The van der Waals surface area contributed by atoms with Gasteiger partial charge in [-0.15, -0.1) is 0 Å². The highest BCUT2D eigenvalue weighted by molar-refractivity contribution is 5.79. The average molecular weight is 498 g/mol. The van der Waals surface area contributed by atoms with Crippen molar-refractivity contribution in [3.8, 4) is 0 Å². The number of nitrogens with zero attached hydrogens (tertiary/aromatic N) is 4. The number of aliphatic hydroxyl groups excluding tert-OH is 1. The lowest BCUT2D eigenvalue weighted by Crippen LogP contribution is -2.48. The van der Waals surface area contributed by atoms with E-state index >= 15 is 0 Å². The van der Waals surface area contributed by atoms with E-state index in [0.29, 0.717) is 24.8 Å². The summed E-state index contributed by atoms with van der Waals surface area (Å²) in [4.78, 5) is 27.4. The van der Waals surface area contributed by atoms with Crippen LogP contribution < -0.4 is 10.2 Å². The third-order valence-electron chi connectivity index (χ3n) is 9.15. The third kappa shape index (κ3) is 6.21. The molecule has 4 fully saturated rings. The molecule has 3 saturated carbocycles. The number of aliphatic hydroxyl groups is 1. The van der Waals surface area contributed by atoms with E-state index in [1.165, 1.54) is 50.8 Å². The number of aromatic nitrogens is 2. The van der Waals surface area contributed by atoms with Crippen molar-refractivity contribution in [2.24, 2.45) is 11.8 Å². The summed E-state index contributed by atoms with van der Waals surface area (Å²) in [7, 11) is 0. The number of rotatable bonds is 7. The fourth-order valence-electron chi connectivity index (χ4n) is 6.15. The molecule has 36 heavy (non-hydrogen) atoms. The minimum Gasteiger partial charge on any atom is -0.393 e. The van der Waals surface area contributed by atoms with Crippen LogP contribution in [0.5, 0.6) is 0 Å². The molecule has 1 amide bonds. The van der Waals surface area contributed by atoms with Crippen molar-refractivity contribution in [1.82, 2.24) is 20.2 Å². The highest BCUT2D eigenvalue weighted by atomic mass is 16.3. The summed E-state index contributed by atoms with van der Waals surface area (Å²) in [6.45, 7) is 12.1. The predicted molar refractivity (Wildman–Crippen MR) is 143 cm³/mol. The highest BCUT2D eigenvalue weighted by Gasteiger charge is 2.34. The van der Waals surface area contributed by atoms with Crippen LogP contribution >= 0.6 is 0 Å². The second-order valence-corrected chi connectivity index (χ2v) is 13.0. The smallest absolute Gasteiger partial charge is 0.223 e. The molecular formula is C29H47N5O2. The van der Waals surface area contributed by atoms with Crippen LogP contribution in [0.4, 0.5) is 5.82 Å². The van der Waals surface area contributed by atoms with Crippen molar-refractivity contribution in [2.75, 3.05) is 37.6 Å². The van der Waals surface area contributed by atoms with Crippen molar-refractivity contribution >= 4 is 11.7 Å². The number of carbonyl (C=O) groups is 1. The summed E-state index contributed by atoms with van der Waals surface area (Å²) < 4.78 is 0. The number of piperazine rings is 1. The van der Waals surface area contributed by atoms with Crippen LogP contribution in [-0.2, 0) is 10.2 Å². The molecule has 3 aliphatic carbocycles. The average Bonchev–Trinajstić information content (AvgIpc) is 2.80. The van der Waals surface area contributed by atoms with Gasteiger partial charge in [0.15, 0.2) is 0 Å². The molecule has 4 aliphatic rings. The number of amides is 1. The van der Waals surface area contributed by atoms with Gasteiger partial charge in [0.2, 0.25) is 5.91 Å². The summed E-state index contributed by atoms with van der Waals surface area (Å²) >= 11 is 0. The fraction of sp³-hybridized carbons (Fsp3) is 0.828. The molecule has 200 valence electrons.